The number of carbonyl (C=O) groups is 1. The predicted molar refractivity (Wildman–Crippen MR) is 133 cm³/mol. The van der Waals surface area contributed by atoms with Crippen molar-refractivity contribution in [2.75, 3.05) is 11.9 Å². The third-order valence-electron chi connectivity index (χ3n) is 6.38. The highest BCUT2D eigenvalue weighted by molar-refractivity contribution is 7.19. The molecule has 6 rings (SSSR count). The van der Waals surface area contributed by atoms with E-state index >= 15 is 0 Å². The van der Waals surface area contributed by atoms with E-state index in [4.69, 9.17) is 0 Å². The molecular weight excluding hydrogens is 446 g/mol. The lowest BCUT2D eigenvalue weighted by Gasteiger charge is -2.22. The monoisotopic (exact) mass is 469 g/mol. The van der Waals surface area contributed by atoms with E-state index < -0.39 is 0 Å². The second kappa shape index (κ2) is 8.83. The number of rotatable bonds is 6. The fraction of sp³-hybridized carbons (Fsp3) is 0.240. The number of H-pyrrole nitrogens is 1. The van der Waals surface area contributed by atoms with Crippen molar-refractivity contribution in [2.45, 2.75) is 25.7 Å². The Labute approximate surface area is 199 Å². The summed E-state index contributed by atoms with van der Waals surface area (Å²) in [5.41, 5.74) is 4.40. The second-order valence-electron chi connectivity index (χ2n) is 8.54. The number of benzene rings is 1. The van der Waals surface area contributed by atoms with E-state index in [1.54, 1.807) is 30.1 Å². The van der Waals surface area contributed by atoms with E-state index in [1.165, 1.54) is 16.0 Å². The Morgan fingerprint density at radius 3 is 3.00 bits per heavy atom. The highest BCUT2D eigenvalue weighted by Gasteiger charge is 2.29. The normalized spacial score (nSPS) is 15.4. The molecule has 1 unspecified atom stereocenters. The van der Waals surface area contributed by atoms with Crippen LogP contribution in [0.5, 0.6) is 0 Å². The number of carbonyl (C=O) groups excluding carboxylic acids is 1. The van der Waals surface area contributed by atoms with Gasteiger partial charge < -0.3 is 10.6 Å². The van der Waals surface area contributed by atoms with Crippen molar-refractivity contribution < 1.29 is 4.79 Å². The third-order valence-corrected chi connectivity index (χ3v) is 7.54. The molecule has 0 radical (unpaired) electrons. The van der Waals surface area contributed by atoms with Gasteiger partial charge in [-0.3, -0.25) is 14.9 Å². The molecular formula is C25H23N7OS. The number of aromatic nitrogens is 5. The first-order valence-electron chi connectivity index (χ1n) is 11.4. The summed E-state index contributed by atoms with van der Waals surface area (Å²) in [6.45, 7) is 0.638. The van der Waals surface area contributed by atoms with Gasteiger partial charge in [-0.05, 0) is 67.1 Å². The van der Waals surface area contributed by atoms with Gasteiger partial charge in [-0.15, -0.1) is 11.3 Å². The lowest BCUT2D eigenvalue weighted by atomic mass is 9.87. The van der Waals surface area contributed by atoms with Crippen molar-refractivity contribution >= 4 is 49.9 Å². The summed E-state index contributed by atoms with van der Waals surface area (Å²) in [7, 11) is 0. The van der Waals surface area contributed by atoms with Gasteiger partial charge in [-0.25, -0.2) is 9.97 Å². The summed E-state index contributed by atoms with van der Waals surface area (Å²) in [6, 6.07) is 10.0. The molecule has 4 heterocycles. The van der Waals surface area contributed by atoms with Crippen molar-refractivity contribution in [1.82, 2.24) is 30.5 Å². The zero-order valence-electron chi connectivity index (χ0n) is 18.4. The molecule has 9 heteroatoms. The first-order valence-corrected chi connectivity index (χ1v) is 12.2. The predicted octanol–water partition coefficient (Wildman–Crippen LogP) is 4.17. The van der Waals surface area contributed by atoms with Crippen LogP contribution in [0.4, 0.5) is 11.5 Å². The smallest absolute Gasteiger partial charge is 0.223 e. The van der Waals surface area contributed by atoms with Gasteiger partial charge in [0.2, 0.25) is 5.91 Å². The van der Waals surface area contributed by atoms with Crippen LogP contribution >= 0.6 is 11.3 Å². The van der Waals surface area contributed by atoms with E-state index in [1.807, 2.05) is 30.5 Å². The van der Waals surface area contributed by atoms with Crippen LogP contribution in [0, 0.1) is 5.92 Å². The van der Waals surface area contributed by atoms with Crippen LogP contribution in [0.3, 0.4) is 0 Å². The summed E-state index contributed by atoms with van der Waals surface area (Å²) in [5, 5.41) is 15.8. The maximum atomic E-state index is 12.8. The number of aryl methyl sites for hydroxylation is 1. The molecule has 0 spiro atoms. The fourth-order valence-electron chi connectivity index (χ4n) is 4.61. The van der Waals surface area contributed by atoms with Gasteiger partial charge in [0.25, 0.3) is 0 Å². The van der Waals surface area contributed by atoms with Crippen LogP contribution in [0.2, 0.25) is 0 Å². The van der Waals surface area contributed by atoms with Crippen LogP contribution in [-0.4, -0.2) is 37.6 Å². The molecule has 5 aromatic rings. The van der Waals surface area contributed by atoms with Crippen molar-refractivity contribution in [3.05, 3.63) is 71.3 Å². The van der Waals surface area contributed by atoms with Gasteiger partial charge in [0.1, 0.15) is 17.0 Å². The molecule has 1 aliphatic rings. The van der Waals surface area contributed by atoms with Gasteiger partial charge in [-0.1, -0.05) is 0 Å². The summed E-state index contributed by atoms with van der Waals surface area (Å²) < 4.78 is 0. The Morgan fingerprint density at radius 1 is 1.18 bits per heavy atom. The molecule has 1 atom stereocenters. The molecule has 0 saturated carbocycles. The molecule has 0 bridgehead atoms. The minimum Gasteiger partial charge on any atom is -0.356 e. The highest BCUT2D eigenvalue weighted by Crippen LogP contribution is 2.40. The van der Waals surface area contributed by atoms with E-state index in [-0.39, 0.29) is 11.8 Å². The summed E-state index contributed by atoms with van der Waals surface area (Å²) in [5.74, 6) is 0.937. The van der Waals surface area contributed by atoms with Gasteiger partial charge >= 0.3 is 0 Å². The Hall–Kier alpha value is -3.85. The molecule has 1 amide bonds. The van der Waals surface area contributed by atoms with Crippen molar-refractivity contribution in [1.29, 1.82) is 0 Å². The van der Waals surface area contributed by atoms with Crippen LogP contribution in [0.15, 0.2) is 55.2 Å². The highest BCUT2D eigenvalue weighted by atomic mass is 32.1. The molecule has 0 fully saturated rings. The maximum Gasteiger partial charge on any atom is 0.223 e. The lowest BCUT2D eigenvalue weighted by molar-refractivity contribution is -0.125. The first-order chi connectivity index (χ1) is 16.7. The summed E-state index contributed by atoms with van der Waals surface area (Å²) >= 11 is 1.68. The number of nitrogens with zero attached hydrogens (tertiary/aromatic N) is 4. The lowest BCUT2D eigenvalue weighted by Crippen LogP contribution is -2.34. The van der Waals surface area contributed by atoms with Gasteiger partial charge in [0.05, 0.1) is 17.1 Å². The van der Waals surface area contributed by atoms with Crippen LogP contribution in [0.25, 0.3) is 21.1 Å². The molecule has 8 nitrogen and oxygen atoms in total. The van der Waals surface area contributed by atoms with Crippen molar-refractivity contribution in [2.24, 2.45) is 5.92 Å². The molecule has 170 valence electrons. The van der Waals surface area contributed by atoms with Crippen molar-refractivity contribution in [3.8, 4) is 0 Å². The molecule has 0 saturated heterocycles. The van der Waals surface area contributed by atoms with Crippen LogP contribution in [-0.2, 0) is 24.1 Å². The quantitative estimate of drug-likeness (QED) is 0.344. The van der Waals surface area contributed by atoms with E-state index in [9.17, 15) is 4.79 Å². The fourth-order valence-corrected chi connectivity index (χ4v) is 5.88. The maximum absolute atomic E-state index is 12.8. The standard InChI is InChI=1S/C25H23N7OS/c33-24(27-10-7-15-5-8-26-9-6-15)16-1-3-19-21(12-16)34-25-22(19)23(28-14-29-25)31-18-2-4-20-17(11-18)13-30-32-20/h2,4-6,8-9,11,13-14,16H,1,3,7,10,12H2,(H,27,33)(H,30,32)(H,28,29,31). The Morgan fingerprint density at radius 2 is 2.09 bits per heavy atom. The average Bonchev–Trinajstić information content (AvgIpc) is 3.48. The summed E-state index contributed by atoms with van der Waals surface area (Å²) in [6.07, 6.45) is 10.2. The SMILES string of the molecule is O=C(NCCc1ccncc1)C1CCc2c(sc3ncnc(Nc4ccc5[nH]ncc5c4)c23)C1. The number of pyridine rings is 1. The van der Waals surface area contributed by atoms with Crippen molar-refractivity contribution in [3.63, 3.8) is 0 Å². The number of fused-ring (bicyclic) bond motifs is 4. The molecule has 4 aromatic heterocycles. The number of hydrogen-bond acceptors (Lipinski definition) is 7. The van der Waals surface area contributed by atoms with Crippen LogP contribution < -0.4 is 10.6 Å². The van der Waals surface area contributed by atoms with Gasteiger partial charge in [0, 0.05) is 40.8 Å². The largest absolute Gasteiger partial charge is 0.356 e. The third kappa shape index (κ3) is 3.99. The molecule has 0 aliphatic heterocycles. The summed E-state index contributed by atoms with van der Waals surface area (Å²) in [4.78, 5) is 28.2. The second-order valence-corrected chi connectivity index (χ2v) is 9.62. The minimum absolute atomic E-state index is 0.00845. The molecule has 1 aromatic carbocycles. The van der Waals surface area contributed by atoms with E-state index in [0.29, 0.717) is 6.54 Å². The van der Waals surface area contributed by atoms with Crippen LogP contribution in [0.1, 0.15) is 22.4 Å². The average molecular weight is 470 g/mol. The van der Waals surface area contributed by atoms with Gasteiger partial charge in [-0.2, -0.15) is 5.10 Å². The number of thiophene rings is 1. The molecule has 1 aliphatic carbocycles. The molecule has 3 N–H and O–H groups in total. The van der Waals surface area contributed by atoms with E-state index in [0.717, 1.165) is 58.3 Å². The zero-order valence-corrected chi connectivity index (χ0v) is 19.2. The first kappa shape index (κ1) is 20.7. The number of anilines is 2. The Bertz CT molecular complexity index is 1480. The number of aromatic amines is 1. The Kier molecular flexibility index (Phi) is 5.38. The topological polar surface area (TPSA) is 108 Å². The number of amides is 1. The number of nitrogens with one attached hydrogen (secondary N) is 3. The molecule has 34 heavy (non-hydrogen) atoms. The zero-order chi connectivity index (χ0) is 22.9. The number of hydrogen-bond donors (Lipinski definition) is 3. The minimum atomic E-state index is -0.00845. The van der Waals surface area contributed by atoms with Gasteiger partial charge in [0.15, 0.2) is 0 Å². The van der Waals surface area contributed by atoms with E-state index in [2.05, 4.69) is 41.8 Å². The Balaban J connectivity index is 1.18.